The van der Waals surface area contributed by atoms with Gasteiger partial charge in [0.25, 0.3) is 0 Å². The second-order valence-electron chi connectivity index (χ2n) is 5.64. The summed E-state index contributed by atoms with van der Waals surface area (Å²) < 4.78 is 0. The van der Waals surface area contributed by atoms with Gasteiger partial charge in [-0.25, -0.2) is 4.99 Å². The van der Waals surface area contributed by atoms with Gasteiger partial charge in [0.1, 0.15) is 6.54 Å². The maximum Gasteiger partial charge on any atom is 0.244 e. The first-order chi connectivity index (χ1) is 10.7. The van der Waals surface area contributed by atoms with Crippen molar-refractivity contribution < 1.29 is 4.79 Å². The minimum Gasteiger partial charge on any atom is -0.357 e. The van der Waals surface area contributed by atoms with Gasteiger partial charge in [0.05, 0.1) is 0 Å². The lowest BCUT2D eigenvalue weighted by molar-refractivity contribution is -0.128. The summed E-state index contributed by atoms with van der Waals surface area (Å²) in [6.07, 6.45) is 3.42. The summed E-state index contributed by atoms with van der Waals surface area (Å²) in [5, 5.41) is 6.52. The first-order valence-electron chi connectivity index (χ1n) is 8.73. The molecule has 1 saturated heterocycles. The normalized spacial score (nSPS) is 15.5. The maximum absolute atomic E-state index is 12.0. The van der Waals surface area contributed by atoms with E-state index in [1.54, 1.807) is 0 Å². The van der Waals surface area contributed by atoms with E-state index in [1.165, 1.54) is 6.42 Å². The number of nitrogens with one attached hydrogen (secondary N) is 2. The van der Waals surface area contributed by atoms with Crippen LogP contribution < -0.4 is 10.6 Å². The van der Waals surface area contributed by atoms with Crippen LogP contribution in [0.3, 0.4) is 0 Å². The van der Waals surface area contributed by atoms with Gasteiger partial charge in [-0.2, -0.15) is 0 Å². The lowest BCUT2D eigenvalue weighted by Gasteiger charge is -2.20. The van der Waals surface area contributed by atoms with Crippen LogP contribution in [0.15, 0.2) is 4.99 Å². The third kappa shape index (κ3) is 7.11. The molecule has 22 heavy (non-hydrogen) atoms. The molecule has 6 nitrogen and oxygen atoms in total. The zero-order valence-corrected chi connectivity index (χ0v) is 14.5. The highest BCUT2D eigenvalue weighted by Crippen LogP contribution is 2.07. The number of guanidine groups is 1. The largest absolute Gasteiger partial charge is 0.357 e. The van der Waals surface area contributed by atoms with Crippen LogP contribution in [0.1, 0.15) is 40.0 Å². The van der Waals surface area contributed by atoms with Crippen molar-refractivity contribution in [2.75, 3.05) is 52.4 Å². The van der Waals surface area contributed by atoms with Crippen molar-refractivity contribution in [2.24, 2.45) is 4.99 Å². The molecule has 1 rings (SSSR count). The fourth-order valence-corrected chi connectivity index (χ4v) is 2.63. The van der Waals surface area contributed by atoms with Crippen LogP contribution >= 0.6 is 0 Å². The Morgan fingerprint density at radius 2 is 1.86 bits per heavy atom. The number of rotatable bonds is 9. The lowest BCUT2D eigenvalue weighted by Crippen LogP contribution is -2.42. The number of likely N-dealkylation sites (tertiary alicyclic amines) is 1. The molecule has 0 spiro atoms. The monoisotopic (exact) mass is 311 g/mol. The van der Waals surface area contributed by atoms with E-state index in [2.05, 4.69) is 34.4 Å². The molecule has 1 heterocycles. The molecule has 0 aromatic rings. The van der Waals surface area contributed by atoms with E-state index in [4.69, 9.17) is 0 Å². The summed E-state index contributed by atoms with van der Waals surface area (Å²) in [5.74, 6) is 0.874. The Morgan fingerprint density at radius 1 is 1.14 bits per heavy atom. The van der Waals surface area contributed by atoms with Crippen molar-refractivity contribution in [3.63, 3.8) is 0 Å². The average molecular weight is 311 g/mol. The van der Waals surface area contributed by atoms with Gasteiger partial charge in [-0.05, 0) is 39.3 Å². The van der Waals surface area contributed by atoms with E-state index >= 15 is 0 Å². The van der Waals surface area contributed by atoms with Crippen molar-refractivity contribution in [1.29, 1.82) is 0 Å². The molecular weight excluding hydrogens is 278 g/mol. The molecule has 1 aliphatic rings. The number of hydrogen-bond acceptors (Lipinski definition) is 3. The quantitative estimate of drug-likeness (QED) is 0.490. The van der Waals surface area contributed by atoms with E-state index in [0.717, 1.165) is 64.6 Å². The standard InChI is InChI=1S/C16H33N5O/c1-4-10-20(6-3)13-9-18-16(17-5-2)19-14-15(22)21-11-7-8-12-21/h4-14H2,1-3H3,(H2,17,18,19). The van der Waals surface area contributed by atoms with Gasteiger partial charge < -0.3 is 20.4 Å². The van der Waals surface area contributed by atoms with Gasteiger partial charge >= 0.3 is 0 Å². The Balaban J connectivity index is 2.36. The van der Waals surface area contributed by atoms with E-state index in [1.807, 2.05) is 11.8 Å². The highest BCUT2D eigenvalue weighted by atomic mass is 16.2. The third-order valence-corrected chi connectivity index (χ3v) is 3.88. The predicted octanol–water partition coefficient (Wildman–Crippen LogP) is 0.896. The molecule has 2 N–H and O–H groups in total. The van der Waals surface area contributed by atoms with Gasteiger partial charge in [0.15, 0.2) is 5.96 Å². The van der Waals surface area contributed by atoms with Crippen molar-refractivity contribution in [2.45, 2.75) is 40.0 Å². The van der Waals surface area contributed by atoms with Crippen LogP contribution in [0, 0.1) is 0 Å². The summed E-state index contributed by atoms with van der Waals surface area (Å²) in [6.45, 7) is 13.3. The summed E-state index contributed by atoms with van der Waals surface area (Å²) >= 11 is 0. The molecule has 128 valence electrons. The minimum atomic E-state index is 0.135. The molecule has 0 radical (unpaired) electrons. The summed E-state index contributed by atoms with van der Waals surface area (Å²) in [5.41, 5.74) is 0. The van der Waals surface area contributed by atoms with Crippen LogP contribution in [0.5, 0.6) is 0 Å². The number of carbonyl (C=O) groups excluding carboxylic acids is 1. The van der Waals surface area contributed by atoms with Crippen molar-refractivity contribution in [3.8, 4) is 0 Å². The molecule has 1 aliphatic heterocycles. The highest BCUT2D eigenvalue weighted by Gasteiger charge is 2.17. The molecule has 0 aromatic carbocycles. The van der Waals surface area contributed by atoms with E-state index in [-0.39, 0.29) is 12.5 Å². The smallest absolute Gasteiger partial charge is 0.244 e. The number of likely N-dealkylation sites (N-methyl/N-ethyl adjacent to an activating group) is 1. The number of amides is 1. The topological polar surface area (TPSA) is 60.0 Å². The first-order valence-corrected chi connectivity index (χ1v) is 8.73. The molecule has 0 saturated carbocycles. The van der Waals surface area contributed by atoms with E-state index in [0.29, 0.717) is 0 Å². The number of nitrogens with zero attached hydrogens (tertiary/aromatic N) is 3. The Kier molecular flexibility index (Phi) is 9.62. The van der Waals surface area contributed by atoms with Crippen LogP contribution in [0.25, 0.3) is 0 Å². The summed E-state index contributed by atoms with van der Waals surface area (Å²) in [6, 6.07) is 0. The van der Waals surface area contributed by atoms with Crippen molar-refractivity contribution in [1.82, 2.24) is 20.4 Å². The minimum absolute atomic E-state index is 0.135. The van der Waals surface area contributed by atoms with E-state index < -0.39 is 0 Å². The number of aliphatic imine (C=N–C) groups is 1. The first kappa shape index (κ1) is 18.7. The number of carbonyl (C=O) groups is 1. The van der Waals surface area contributed by atoms with Gasteiger partial charge in [-0.1, -0.05) is 13.8 Å². The van der Waals surface area contributed by atoms with Crippen molar-refractivity contribution in [3.05, 3.63) is 0 Å². The fourth-order valence-electron chi connectivity index (χ4n) is 2.63. The zero-order chi connectivity index (χ0) is 16.2. The average Bonchev–Trinajstić information content (AvgIpc) is 3.05. The molecule has 1 fully saturated rings. The fraction of sp³-hybridized carbons (Fsp3) is 0.875. The molecule has 0 unspecified atom stereocenters. The third-order valence-electron chi connectivity index (χ3n) is 3.88. The van der Waals surface area contributed by atoms with Crippen molar-refractivity contribution >= 4 is 11.9 Å². The summed E-state index contributed by atoms with van der Waals surface area (Å²) in [4.78, 5) is 20.8. The Morgan fingerprint density at radius 3 is 2.45 bits per heavy atom. The van der Waals surface area contributed by atoms with Gasteiger partial charge in [0.2, 0.25) is 5.91 Å². The molecule has 0 atom stereocenters. The van der Waals surface area contributed by atoms with Crippen LogP contribution in [0.2, 0.25) is 0 Å². The lowest BCUT2D eigenvalue weighted by atomic mass is 10.4. The second-order valence-corrected chi connectivity index (χ2v) is 5.64. The van der Waals surface area contributed by atoms with E-state index in [9.17, 15) is 4.79 Å². The van der Waals surface area contributed by atoms with Gasteiger partial charge in [-0.3, -0.25) is 4.79 Å². The molecule has 1 amide bonds. The molecule has 0 aromatic heterocycles. The Hall–Kier alpha value is -1.30. The summed E-state index contributed by atoms with van der Waals surface area (Å²) in [7, 11) is 0. The Bertz CT molecular complexity index is 339. The second kappa shape index (κ2) is 11.3. The van der Waals surface area contributed by atoms with Crippen LogP contribution in [-0.4, -0.2) is 74.0 Å². The molecular formula is C16H33N5O. The molecule has 6 heteroatoms. The SMILES string of the molecule is CCCN(CC)CCNC(=NCC(=O)N1CCCC1)NCC. The highest BCUT2D eigenvalue weighted by molar-refractivity contribution is 5.85. The van der Waals surface area contributed by atoms with Gasteiger partial charge in [-0.15, -0.1) is 0 Å². The number of hydrogen-bond donors (Lipinski definition) is 2. The maximum atomic E-state index is 12.0. The van der Waals surface area contributed by atoms with Gasteiger partial charge in [0, 0.05) is 32.7 Å². The van der Waals surface area contributed by atoms with Crippen LogP contribution in [-0.2, 0) is 4.79 Å². The zero-order valence-electron chi connectivity index (χ0n) is 14.5. The predicted molar refractivity (Wildman–Crippen MR) is 92.2 cm³/mol. The molecule has 0 aliphatic carbocycles. The Labute approximate surface area is 135 Å². The van der Waals surface area contributed by atoms with Crippen LogP contribution in [0.4, 0.5) is 0 Å². The molecule has 0 bridgehead atoms.